The Balaban J connectivity index is 2.54. The maximum Gasteiger partial charge on any atom is 0.251 e. The summed E-state index contributed by atoms with van der Waals surface area (Å²) in [5.41, 5.74) is 6.71. The van der Waals surface area contributed by atoms with Gasteiger partial charge in [-0.05, 0) is 24.6 Å². The molecule has 1 rings (SSSR count). The Bertz CT molecular complexity index is 380. The number of hydrogen-bond donors (Lipinski definition) is 2. The molecule has 5 heteroatoms. The number of methoxy groups -OCH3 is 2. The van der Waals surface area contributed by atoms with Crippen molar-refractivity contribution in [1.82, 2.24) is 5.32 Å². The maximum atomic E-state index is 11.7. The Hall–Kier alpha value is -1.75. The van der Waals surface area contributed by atoms with Crippen LogP contribution in [0.15, 0.2) is 18.2 Å². The van der Waals surface area contributed by atoms with Gasteiger partial charge in [-0.15, -0.1) is 0 Å². The molecule has 0 aliphatic heterocycles. The topological polar surface area (TPSA) is 73.6 Å². The van der Waals surface area contributed by atoms with Crippen molar-refractivity contribution in [2.75, 3.05) is 33.1 Å². The monoisotopic (exact) mass is 238 g/mol. The van der Waals surface area contributed by atoms with Crippen LogP contribution in [0.25, 0.3) is 0 Å². The van der Waals surface area contributed by atoms with Gasteiger partial charge in [0, 0.05) is 25.8 Å². The minimum absolute atomic E-state index is 0.143. The molecule has 0 heterocycles. The molecule has 1 aromatic carbocycles. The van der Waals surface area contributed by atoms with Gasteiger partial charge in [-0.3, -0.25) is 4.79 Å². The Morgan fingerprint density at radius 1 is 1.41 bits per heavy atom. The number of rotatable bonds is 6. The van der Waals surface area contributed by atoms with Crippen molar-refractivity contribution >= 4 is 11.6 Å². The van der Waals surface area contributed by atoms with E-state index in [2.05, 4.69) is 5.32 Å². The zero-order valence-corrected chi connectivity index (χ0v) is 10.2. The fourth-order valence-electron chi connectivity index (χ4n) is 1.40. The van der Waals surface area contributed by atoms with E-state index in [1.54, 1.807) is 25.3 Å². The molecule has 17 heavy (non-hydrogen) atoms. The Morgan fingerprint density at radius 3 is 2.76 bits per heavy atom. The minimum atomic E-state index is -0.143. The Labute approximate surface area is 101 Å². The zero-order chi connectivity index (χ0) is 12.7. The first kappa shape index (κ1) is 13.3. The lowest BCUT2D eigenvalue weighted by molar-refractivity contribution is 0.0948. The predicted octanol–water partition coefficient (Wildman–Crippen LogP) is 1.04. The van der Waals surface area contributed by atoms with Crippen LogP contribution >= 0.6 is 0 Å². The van der Waals surface area contributed by atoms with Gasteiger partial charge in [-0.1, -0.05) is 0 Å². The van der Waals surface area contributed by atoms with Crippen molar-refractivity contribution in [2.24, 2.45) is 0 Å². The van der Waals surface area contributed by atoms with Gasteiger partial charge in [0.05, 0.1) is 12.8 Å². The fourth-order valence-corrected chi connectivity index (χ4v) is 1.40. The number of amides is 1. The molecule has 1 amide bonds. The van der Waals surface area contributed by atoms with E-state index in [4.69, 9.17) is 15.2 Å². The quantitative estimate of drug-likeness (QED) is 0.573. The van der Waals surface area contributed by atoms with Crippen LogP contribution in [-0.4, -0.2) is 33.3 Å². The summed E-state index contributed by atoms with van der Waals surface area (Å²) in [6.07, 6.45) is 0.786. The van der Waals surface area contributed by atoms with Gasteiger partial charge in [0.2, 0.25) is 0 Å². The molecular formula is C12H18N2O3. The average Bonchev–Trinajstić information content (AvgIpc) is 2.34. The lowest BCUT2D eigenvalue weighted by atomic mass is 10.1. The van der Waals surface area contributed by atoms with Crippen LogP contribution in [-0.2, 0) is 4.74 Å². The molecule has 0 aromatic heterocycles. The van der Waals surface area contributed by atoms with Crippen LogP contribution in [0.5, 0.6) is 5.75 Å². The zero-order valence-electron chi connectivity index (χ0n) is 10.2. The van der Waals surface area contributed by atoms with E-state index in [0.717, 1.165) is 6.42 Å². The van der Waals surface area contributed by atoms with Crippen molar-refractivity contribution in [1.29, 1.82) is 0 Å². The normalized spacial score (nSPS) is 10.0. The van der Waals surface area contributed by atoms with Crippen molar-refractivity contribution < 1.29 is 14.3 Å². The van der Waals surface area contributed by atoms with Crippen molar-refractivity contribution in [3.8, 4) is 5.75 Å². The molecule has 94 valence electrons. The first-order valence-corrected chi connectivity index (χ1v) is 5.39. The number of nitrogens with one attached hydrogen (secondary N) is 1. The molecule has 1 aromatic rings. The van der Waals surface area contributed by atoms with Gasteiger partial charge in [0.15, 0.2) is 0 Å². The van der Waals surface area contributed by atoms with Crippen LogP contribution in [0, 0.1) is 0 Å². The van der Waals surface area contributed by atoms with E-state index >= 15 is 0 Å². The van der Waals surface area contributed by atoms with Gasteiger partial charge in [0.25, 0.3) is 5.91 Å². The minimum Gasteiger partial charge on any atom is -0.495 e. The number of benzene rings is 1. The van der Waals surface area contributed by atoms with Gasteiger partial charge in [-0.25, -0.2) is 0 Å². The summed E-state index contributed by atoms with van der Waals surface area (Å²) >= 11 is 0. The highest BCUT2D eigenvalue weighted by atomic mass is 16.5. The molecule has 0 aliphatic rings. The molecule has 0 saturated carbocycles. The van der Waals surface area contributed by atoms with Crippen LogP contribution < -0.4 is 15.8 Å². The SMILES string of the molecule is COCCCNC(=O)c1ccc(OC)c(N)c1. The molecule has 0 saturated heterocycles. The predicted molar refractivity (Wildman–Crippen MR) is 66.2 cm³/mol. The van der Waals surface area contributed by atoms with Crippen molar-refractivity contribution in [3.05, 3.63) is 23.8 Å². The van der Waals surface area contributed by atoms with E-state index < -0.39 is 0 Å². The highest BCUT2D eigenvalue weighted by Crippen LogP contribution is 2.21. The molecule has 0 atom stereocenters. The standard InChI is InChI=1S/C12H18N2O3/c1-16-7-3-6-14-12(15)9-4-5-11(17-2)10(13)8-9/h4-5,8H,3,6-7,13H2,1-2H3,(H,14,15). The highest BCUT2D eigenvalue weighted by Gasteiger charge is 2.07. The Kier molecular flexibility index (Phi) is 5.29. The number of anilines is 1. The van der Waals surface area contributed by atoms with Gasteiger partial charge >= 0.3 is 0 Å². The highest BCUT2D eigenvalue weighted by molar-refractivity contribution is 5.95. The van der Waals surface area contributed by atoms with Crippen LogP contribution in [0.4, 0.5) is 5.69 Å². The number of nitrogens with two attached hydrogens (primary N) is 1. The molecule has 0 fully saturated rings. The van der Waals surface area contributed by atoms with Gasteiger partial charge in [-0.2, -0.15) is 0 Å². The first-order valence-electron chi connectivity index (χ1n) is 5.39. The molecular weight excluding hydrogens is 220 g/mol. The number of ether oxygens (including phenoxy) is 2. The van der Waals surface area contributed by atoms with E-state index in [-0.39, 0.29) is 5.91 Å². The first-order chi connectivity index (χ1) is 8.19. The van der Waals surface area contributed by atoms with Gasteiger partial charge < -0.3 is 20.5 Å². The lowest BCUT2D eigenvalue weighted by Gasteiger charge is -2.08. The summed E-state index contributed by atoms with van der Waals surface area (Å²) < 4.78 is 9.91. The average molecular weight is 238 g/mol. The van der Waals surface area contributed by atoms with E-state index in [0.29, 0.717) is 30.2 Å². The summed E-state index contributed by atoms with van der Waals surface area (Å²) in [6.45, 7) is 1.21. The van der Waals surface area contributed by atoms with E-state index in [1.165, 1.54) is 7.11 Å². The molecule has 3 N–H and O–H groups in total. The lowest BCUT2D eigenvalue weighted by Crippen LogP contribution is -2.25. The third kappa shape index (κ3) is 3.96. The molecule has 5 nitrogen and oxygen atoms in total. The molecule has 0 spiro atoms. The molecule has 0 bridgehead atoms. The Morgan fingerprint density at radius 2 is 2.18 bits per heavy atom. The second-order valence-corrected chi connectivity index (χ2v) is 3.56. The van der Waals surface area contributed by atoms with Crippen LogP contribution in [0.2, 0.25) is 0 Å². The number of nitrogen functional groups attached to an aromatic ring is 1. The second-order valence-electron chi connectivity index (χ2n) is 3.56. The van der Waals surface area contributed by atoms with Crippen LogP contribution in [0.1, 0.15) is 16.8 Å². The summed E-state index contributed by atoms with van der Waals surface area (Å²) in [7, 11) is 3.17. The smallest absolute Gasteiger partial charge is 0.251 e. The van der Waals surface area contributed by atoms with E-state index in [1.807, 2.05) is 0 Å². The van der Waals surface area contributed by atoms with Crippen molar-refractivity contribution in [3.63, 3.8) is 0 Å². The summed E-state index contributed by atoms with van der Waals surface area (Å²) in [4.78, 5) is 11.7. The second kappa shape index (κ2) is 6.75. The molecule has 0 radical (unpaired) electrons. The number of hydrogen-bond acceptors (Lipinski definition) is 4. The number of carbonyl (C=O) groups excluding carboxylic acids is 1. The summed E-state index contributed by atoms with van der Waals surface area (Å²) in [5.74, 6) is 0.427. The summed E-state index contributed by atoms with van der Waals surface area (Å²) in [5, 5.41) is 2.78. The largest absolute Gasteiger partial charge is 0.495 e. The molecule has 0 unspecified atom stereocenters. The van der Waals surface area contributed by atoms with Crippen molar-refractivity contribution in [2.45, 2.75) is 6.42 Å². The van der Waals surface area contributed by atoms with E-state index in [9.17, 15) is 4.79 Å². The third-order valence-electron chi connectivity index (χ3n) is 2.30. The summed E-state index contributed by atoms with van der Waals surface area (Å²) in [6, 6.07) is 4.96. The maximum absolute atomic E-state index is 11.7. The third-order valence-corrected chi connectivity index (χ3v) is 2.30. The van der Waals surface area contributed by atoms with Crippen LogP contribution in [0.3, 0.4) is 0 Å². The fraction of sp³-hybridized carbons (Fsp3) is 0.417. The van der Waals surface area contributed by atoms with Gasteiger partial charge in [0.1, 0.15) is 5.75 Å². The molecule has 0 aliphatic carbocycles. The number of carbonyl (C=O) groups is 1.